The lowest BCUT2D eigenvalue weighted by Crippen LogP contribution is -2.37. The number of nitrogens with zero attached hydrogens (tertiary/aromatic N) is 5. The molecule has 2 heterocycles. The summed E-state index contributed by atoms with van der Waals surface area (Å²) in [5, 5.41) is 8.86. The van der Waals surface area contributed by atoms with Crippen LogP contribution in [-0.4, -0.2) is 40.1 Å². The van der Waals surface area contributed by atoms with E-state index < -0.39 is 23.0 Å². The van der Waals surface area contributed by atoms with E-state index in [0.717, 1.165) is 29.7 Å². The average molecular weight is 531 g/mol. The zero-order chi connectivity index (χ0) is 27.9. The molecule has 0 radical (unpaired) electrons. The number of hydrogen-bond acceptors (Lipinski definition) is 7. The normalized spacial score (nSPS) is 21.5. The predicted molar refractivity (Wildman–Crippen MR) is 144 cm³/mol. The summed E-state index contributed by atoms with van der Waals surface area (Å²) in [6, 6.07) is 8.97. The summed E-state index contributed by atoms with van der Waals surface area (Å²) in [5.74, 6) is -1.65. The van der Waals surface area contributed by atoms with E-state index in [4.69, 9.17) is 15.5 Å². The molecule has 5 rings (SSSR count). The van der Waals surface area contributed by atoms with Crippen molar-refractivity contribution in [2.24, 2.45) is 21.1 Å². The number of benzene rings is 1. The molecule has 39 heavy (non-hydrogen) atoms. The lowest BCUT2D eigenvalue weighted by atomic mass is 9.66. The minimum atomic E-state index is -0.686. The number of fused-ring (bicyclic) bond motifs is 5. The summed E-state index contributed by atoms with van der Waals surface area (Å²) >= 11 is 0. The summed E-state index contributed by atoms with van der Waals surface area (Å²) in [7, 11) is 0. The van der Waals surface area contributed by atoms with Crippen molar-refractivity contribution in [3.05, 3.63) is 82.9 Å². The van der Waals surface area contributed by atoms with Crippen LogP contribution in [0, 0.1) is 17.0 Å². The Kier molecular flexibility index (Phi) is 6.57. The molecule has 1 amide bonds. The summed E-state index contributed by atoms with van der Waals surface area (Å²) in [4.78, 5) is 24.3. The summed E-state index contributed by atoms with van der Waals surface area (Å²) in [6.07, 6.45) is 4.80. The number of primary amides is 1. The van der Waals surface area contributed by atoms with E-state index in [2.05, 4.69) is 40.7 Å². The Morgan fingerprint density at radius 2 is 1.97 bits per heavy atom. The molecule has 2 bridgehead atoms. The van der Waals surface area contributed by atoms with Gasteiger partial charge in [0.2, 0.25) is 5.88 Å². The lowest BCUT2D eigenvalue weighted by Gasteiger charge is -2.38. The molecule has 1 saturated carbocycles. The zero-order valence-corrected chi connectivity index (χ0v) is 21.9. The average Bonchev–Trinajstić information content (AvgIpc) is 3.28. The number of halogens is 2. The number of aromatic nitrogens is 3. The van der Waals surface area contributed by atoms with Crippen molar-refractivity contribution in [2.45, 2.75) is 44.9 Å². The Morgan fingerprint density at radius 1 is 1.23 bits per heavy atom. The Balaban J connectivity index is 1.59. The van der Waals surface area contributed by atoms with Crippen molar-refractivity contribution in [3.63, 3.8) is 0 Å². The third-order valence-electron chi connectivity index (χ3n) is 8.06. The van der Waals surface area contributed by atoms with Gasteiger partial charge in [-0.25, -0.2) is 13.8 Å². The number of pyridine rings is 1. The number of nitrogens with two attached hydrogens (primary N) is 1. The van der Waals surface area contributed by atoms with Crippen molar-refractivity contribution in [2.75, 3.05) is 6.61 Å². The van der Waals surface area contributed by atoms with Gasteiger partial charge in [0, 0.05) is 29.7 Å². The van der Waals surface area contributed by atoms with Crippen LogP contribution >= 0.6 is 0 Å². The van der Waals surface area contributed by atoms with Crippen molar-refractivity contribution in [1.29, 1.82) is 0 Å². The van der Waals surface area contributed by atoms with Crippen LogP contribution in [0.3, 0.4) is 0 Å². The van der Waals surface area contributed by atoms with Gasteiger partial charge in [0.05, 0.1) is 28.1 Å². The van der Waals surface area contributed by atoms with E-state index in [1.807, 2.05) is 6.92 Å². The van der Waals surface area contributed by atoms with Crippen LogP contribution in [-0.2, 0) is 10.2 Å². The number of aliphatic imine (C=N–C) groups is 2. The molecule has 2 aliphatic carbocycles. The van der Waals surface area contributed by atoms with E-state index in [1.54, 1.807) is 30.6 Å². The number of amides is 1. The minimum absolute atomic E-state index is 0.0787. The van der Waals surface area contributed by atoms with Crippen LogP contribution < -0.4 is 10.5 Å². The molecule has 200 valence electrons. The Labute approximate surface area is 224 Å². The van der Waals surface area contributed by atoms with Gasteiger partial charge in [-0.05, 0) is 67.6 Å². The van der Waals surface area contributed by atoms with Gasteiger partial charge in [-0.3, -0.25) is 14.8 Å². The molecule has 0 unspecified atom stereocenters. The van der Waals surface area contributed by atoms with E-state index in [9.17, 15) is 13.6 Å². The predicted octanol–water partition coefficient (Wildman–Crippen LogP) is 4.89. The molecular formula is C29H28F2N6O2. The van der Waals surface area contributed by atoms with E-state index in [1.165, 1.54) is 18.2 Å². The van der Waals surface area contributed by atoms with Crippen molar-refractivity contribution < 1.29 is 18.3 Å². The first kappa shape index (κ1) is 26.3. The van der Waals surface area contributed by atoms with Crippen LogP contribution in [0.4, 0.5) is 8.78 Å². The van der Waals surface area contributed by atoms with Crippen molar-refractivity contribution in [1.82, 2.24) is 15.2 Å². The Morgan fingerprint density at radius 3 is 2.67 bits per heavy atom. The zero-order valence-electron chi connectivity index (χ0n) is 21.9. The first-order valence-electron chi connectivity index (χ1n) is 12.5. The second-order valence-corrected chi connectivity index (χ2v) is 10.4. The van der Waals surface area contributed by atoms with Gasteiger partial charge in [-0.1, -0.05) is 19.9 Å². The summed E-state index contributed by atoms with van der Waals surface area (Å²) in [5.41, 5.74) is 7.86. The van der Waals surface area contributed by atoms with Crippen LogP contribution in [0.25, 0.3) is 11.3 Å². The van der Waals surface area contributed by atoms with Crippen molar-refractivity contribution in [3.8, 4) is 17.1 Å². The fourth-order valence-electron chi connectivity index (χ4n) is 6.18. The van der Waals surface area contributed by atoms with Gasteiger partial charge < -0.3 is 10.5 Å². The number of rotatable bonds is 8. The maximum absolute atomic E-state index is 14.6. The highest BCUT2D eigenvalue weighted by molar-refractivity contribution is 5.99. The molecule has 2 atom stereocenters. The van der Waals surface area contributed by atoms with E-state index >= 15 is 0 Å². The quantitative estimate of drug-likeness (QED) is 0.417. The molecule has 2 aromatic heterocycles. The maximum atomic E-state index is 14.6. The molecule has 2 aliphatic rings. The monoisotopic (exact) mass is 530 g/mol. The molecule has 10 heteroatoms. The molecule has 1 fully saturated rings. The molecule has 3 aromatic rings. The topological polar surface area (TPSA) is 116 Å². The number of allylic oxidation sites excluding steroid dienone is 1. The maximum Gasteiger partial charge on any atom is 0.255 e. The highest BCUT2D eigenvalue weighted by atomic mass is 19.1. The largest absolute Gasteiger partial charge is 0.468 e. The molecule has 0 saturated heterocycles. The summed E-state index contributed by atoms with van der Waals surface area (Å²) < 4.78 is 34.5. The Hall–Kier alpha value is -4.34. The van der Waals surface area contributed by atoms with Gasteiger partial charge in [-0.15, -0.1) is 5.10 Å². The number of carbonyl (C=O) groups is 1. The van der Waals surface area contributed by atoms with Gasteiger partial charge >= 0.3 is 0 Å². The fraction of sp³-hybridized carbons (Fsp3) is 0.310. The van der Waals surface area contributed by atoms with Gasteiger partial charge in [0.15, 0.2) is 6.61 Å². The smallest absolute Gasteiger partial charge is 0.255 e. The van der Waals surface area contributed by atoms with Crippen LogP contribution in [0.2, 0.25) is 0 Å². The third-order valence-corrected chi connectivity index (χ3v) is 8.06. The Bertz CT molecular complexity index is 1530. The lowest BCUT2D eigenvalue weighted by molar-refractivity contribution is -0.120. The van der Waals surface area contributed by atoms with Gasteiger partial charge in [0.25, 0.3) is 5.91 Å². The molecular weight excluding hydrogens is 502 g/mol. The first-order chi connectivity index (χ1) is 18.6. The second kappa shape index (κ2) is 9.76. The number of ether oxygens (including phenoxy) is 1. The highest BCUT2D eigenvalue weighted by Crippen LogP contribution is 2.70. The number of carbonyl (C=O) groups excluding carboxylic acids is 1. The van der Waals surface area contributed by atoms with Crippen LogP contribution in [0.5, 0.6) is 5.88 Å². The third kappa shape index (κ3) is 4.20. The van der Waals surface area contributed by atoms with Crippen LogP contribution in [0.15, 0.2) is 64.5 Å². The minimum Gasteiger partial charge on any atom is -0.468 e. The molecule has 8 nitrogen and oxygen atoms in total. The number of hydrogen-bond donors (Lipinski definition) is 1. The SMILES string of the molecule is C=N/C=C(\N=C(C)c1ccnc(OCC(N)=O)c1)[C@@]12CC[C@@H](c3cc(-c4c(F)cccc4F)nnc31)C2(C)C. The van der Waals surface area contributed by atoms with E-state index in [0.29, 0.717) is 11.4 Å². The molecule has 0 spiro atoms. The fourth-order valence-corrected chi connectivity index (χ4v) is 6.18. The van der Waals surface area contributed by atoms with E-state index in [-0.39, 0.29) is 35.1 Å². The standard InChI is InChI=1S/C29H28F2N6O2/c1-16(17-9-11-34-25(12-17)39-15-24(32)38)35-23(14-33-4)29-10-8-19(28(29,2)3)18-13-22(36-37-27(18)29)26-20(30)6-5-7-21(26)31/h5-7,9,11-14,19H,4,8,10,15H2,1-3H3,(H2,32,38)/b23-14-,35-16?/t19-,29-/m0/s1. The first-order valence-corrected chi connectivity index (χ1v) is 12.5. The molecule has 1 aromatic carbocycles. The van der Waals surface area contributed by atoms with Crippen LogP contribution in [0.1, 0.15) is 56.4 Å². The molecule has 0 aliphatic heterocycles. The summed E-state index contributed by atoms with van der Waals surface area (Å²) in [6.45, 7) is 9.55. The highest BCUT2D eigenvalue weighted by Gasteiger charge is 2.65. The second-order valence-electron chi connectivity index (χ2n) is 10.4. The van der Waals surface area contributed by atoms with Gasteiger partial charge in [0.1, 0.15) is 11.6 Å². The van der Waals surface area contributed by atoms with Crippen molar-refractivity contribution >= 4 is 18.3 Å². The molecule has 2 N–H and O–H groups in total. The van der Waals surface area contributed by atoms with Gasteiger partial charge in [-0.2, -0.15) is 5.10 Å².